The zero-order valence-electron chi connectivity index (χ0n) is 9.74. The largest absolute Gasteiger partial charge is 0.481 e. The van der Waals surface area contributed by atoms with E-state index in [9.17, 15) is 4.79 Å². The van der Waals surface area contributed by atoms with Gasteiger partial charge in [0.15, 0.2) is 0 Å². The normalized spacial score (nSPS) is 13.1. The van der Waals surface area contributed by atoms with Crippen LogP contribution in [0.1, 0.15) is 33.1 Å². The Kier molecular flexibility index (Phi) is 8.33. The zero-order chi connectivity index (χ0) is 11.7. The molecule has 0 aliphatic heterocycles. The molecule has 0 rings (SSSR count). The second-order valence-corrected chi connectivity index (χ2v) is 4.22. The van der Waals surface area contributed by atoms with Gasteiger partial charge in [0, 0.05) is 13.2 Å². The van der Waals surface area contributed by atoms with Gasteiger partial charge in [-0.25, -0.2) is 0 Å². The molecule has 3 N–H and O–H groups in total. The molecule has 0 heterocycles. The number of carbonyl (C=O) groups is 1. The maximum absolute atomic E-state index is 10.8. The quantitative estimate of drug-likeness (QED) is 0.574. The Morgan fingerprint density at radius 3 is 2.53 bits per heavy atom. The van der Waals surface area contributed by atoms with E-state index in [4.69, 9.17) is 15.6 Å². The van der Waals surface area contributed by atoms with Gasteiger partial charge < -0.3 is 15.6 Å². The first-order valence-corrected chi connectivity index (χ1v) is 5.58. The lowest BCUT2D eigenvalue weighted by Crippen LogP contribution is -2.18. The molecule has 0 saturated carbocycles. The lowest BCUT2D eigenvalue weighted by molar-refractivity contribution is -0.142. The molecule has 4 heteroatoms. The van der Waals surface area contributed by atoms with E-state index in [1.165, 1.54) is 0 Å². The predicted octanol–water partition coefficient (Wildman–Crippen LogP) is 1.49. The van der Waals surface area contributed by atoms with Gasteiger partial charge in [-0.15, -0.1) is 0 Å². The topological polar surface area (TPSA) is 72.5 Å². The number of rotatable bonds is 9. The molecule has 0 aromatic rings. The third-order valence-electron chi connectivity index (χ3n) is 2.17. The van der Waals surface area contributed by atoms with Gasteiger partial charge in [0.05, 0.1) is 5.92 Å². The summed E-state index contributed by atoms with van der Waals surface area (Å²) in [4.78, 5) is 10.8. The third kappa shape index (κ3) is 8.39. The minimum absolute atomic E-state index is 0.305. The van der Waals surface area contributed by atoms with E-state index in [0.717, 1.165) is 6.42 Å². The summed E-state index contributed by atoms with van der Waals surface area (Å²) in [5.41, 5.74) is 5.35. The maximum Gasteiger partial charge on any atom is 0.306 e. The molecule has 90 valence electrons. The van der Waals surface area contributed by atoms with Crippen molar-refractivity contribution in [2.24, 2.45) is 17.6 Å². The summed E-state index contributed by atoms with van der Waals surface area (Å²) in [5, 5.41) is 8.91. The molecule has 0 aromatic carbocycles. The van der Waals surface area contributed by atoms with Gasteiger partial charge in [-0.05, 0) is 31.7 Å². The molecule has 0 amide bonds. The first-order valence-electron chi connectivity index (χ1n) is 5.58. The van der Waals surface area contributed by atoms with Crippen molar-refractivity contribution in [2.75, 3.05) is 19.8 Å². The number of nitrogens with two attached hydrogens (primary N) is 1. The SMILES string of the molecule is CC(C)COCCC(CCCN)C(=O)O. The average molecular weight is 217 g/mol. The van der Waals surface area contributed by atoms with Gasteiger partial charge in [-0.3, -0.25) is 4.79 Å². The van der Waals surface area contributed by atoms with Crippen LogP contribution in [0.4, 0.5) is 0 Å². The summed E-state index contributed by atoms with van der Waals surface area (Å²) < 4.78 is 5.36. The number of carboxylic acid groups (broad SMARTS) is 1. The number of hydrogen-bond donors (Lipinski definition) is 2. The fourth-order valence-electron chi connectivity index (χ4n) is 1.30. The Bertz CT molecular complexity index is 171. The summed E-state index contributed by atoms with van der Waals surface area (Å²) in [6.07, 6.45) is 2.00. The van der Waals surface area contributed by atoms with Gasteiger partial charge in [0.1, 0.15) is 0 Å². The van der Waals surface area contributed by atoms with Crippen molar-refractivity contribution >= 4 is 5.97 Å². The molecule has 0 aliphatic rings. The highest BCUT2D eigenvalue weighted by atomic mass is 16.5. The Hall–Kier alpha value is -0.610. The maximum atomic E-state index is 10.8. The average Bonchev–Trinajstić information content (AvgIpc) is 2.15. The van der Waals surface area contributed by atoms with E-state index in [2.05, 4.69) is 13.8 Å². The van der Waals surface area contributed by atoms with Gasteiger partial charge in [0.2, 0.25) is 0 Å². The van der Waals surface area contributed by atoms with E-state index in [1.807, 2.05) is 0 Å². The van der Waals surface area contributed by atoms with Crippen LogP contribution in [0.3, 0.4) is 0 Å². The molecule has 1 atom stereocenters. The van der Waals surface area contributed by atoms with E-state index in [1.54, 1.807) is 0 Å². The van der Waals surface area contributed by atoms with Crippen molar-refractivity contribution in [1.82, 2.24) is 0 Å². The molecule has 0 aliphatic carbocycles. The van der Waals surface area contributed by atoms with Crippen molar-refractivity contribution in [3.63, 3.8) is 0 Å². The van der Waals surface area contributed by atoms with Crippen LogP contribution in [0.5, 0.6) is 0 Å². The summed E-state index contributed by atoms with van der Waals surface area (Å²) in [6, 6.07) is 0. The van der Waals surface area contributed by atoms with Crippen LogP contribution in [0.25, 0.3) is 0 Å². The predicted molar refractivity (Wildman–Crippen MR) is 59.7 cm³/mol. The number of carboxylic acids is 1. The van der Waals surface area contributed by atoms with Gasteiger partial charge in [0.25, 0.3) is 0 Å². The summed E-state index contributed by atoms with van der Waals surface area (Å²) in [5.74, 6) is -0.547. The first kappa shape index (κ1) is 14.4. The van der Waals surface area contributed by atoms with E-state index in [-0.39, 0.29) is 5.92 Å². The molecule has 0 saturated heterocycles. The van der Waals surface area contributed by atoms with E-state index >= 15 is 0 Å². The van der Waals surface area contributed by atoms with Crippen LogP contribution >= 0.6 is 0 Å². The van der Waals surface area contributed by atoms with Crippen molar-refractivity contribution < 1.29 is 14.6 Å². The number of aliphatic carboxylic acids is 1. The van der Waals surface area contributed by atoms with Crippen molar-refractivity contribution in [1.29, 1.82) is 0 Å². The Labute approximate surface area is 91.8 Å². The van der Waals surface area contributed by atoms with Crippen molar-refractivity contribution in [3.8, 4) is 0 Å². The highest BCUT2D eigenvalue weighted by molar-refractivity contribution is 5.69. The molecule has 0 radical (unpaired) electrons. The molecule has 0 aromatic heterocycles. The molecule has 0 bridgehead atoms. The van der Waals surface area contributed by atoms with Crippen LogP contribution < -0.4 is 5.73 Å². The fourth-order valence-corrected chi connectivity index (χ4v) is 1.30. The molecule has 0 fully saturated rings. The minimum atomic E-state index is -0.739. The van der Waals surface area contributed by atoms with E-state index in [0.29, 0.717) is 38.5 Å². The molecule has 4 nitrogen and oxygen atoms in total. The Morgan fingerprint density at radius 2 is 2.07 bits per heavy atom. The Morgan fingerprint density at radius 1 is 1.40 bits per heavy atom. The smallest absolute Gasteiger partial charge is 0.306 e. The number of hydrogen-bond acceptors (Lipinski definition) is 3. The lowest BCUT2D eigenvalue weighted by atomic mass is 10.0. The third-order valence-corrected chi connectivity index (χ3v) is 2.17. The zero-order valence-corrected chi connectivity index (χ0v) is 9.74. The molecular formula is C11H23NO3. The monoisotopic (exact) mass is 217 g/mol. The van der Waals surface area contributed by atoms with Crippen molar-refractivity contribution in [3.05, 3.63) is 0 Å². The first-order chi connectivity index (χ1) is 7.07. The highest BCUT2D eigenvalue weighted by Gasteiger charge is 2.16. The second kappa shape index (κ2) is 8.68. The standard InChI is InChI=1S/C11H23NO3/c1-9(2)8-15-7-5-10(11(13)14)4-3-6-12/h9-10H,3-8,12H2,1-2H3,(H,13,14). The van der Waals surface area contributed by atoms with Gasteiger partial charge >= 0.3 is 5.97 Å². The van der Waals surface area contributed by atoms with Gasteiger partial charge in [-0.1, -0.05) is 13.8 Å². The summed E-state index contributed by atoms with van der Waals surface area (Å²) in [6.45, 7) is 5.92. The van der Waals surface area contributed by atoms with Crippen LogP contribution in [0, 0.1) is 11.8 Å². The van der Waals surface area contributed by atoms with Crippen LogP contribution in [-0.2, 0) is 9.53 Å². The van der Waals surface area contributed by atoms with Crippen molar-refractivity contribution in [2.45, 2.75) is 33.1 Å². The summed E-state index contributed by atoms with van der Waals surface area (Å²) in [7, 11) is 0. The molecule has 1 unspecified atom stereocenters. The van der Waals surface area contributed by atoms with Crippen LogP contribution in [0.15, 0.2) is 0 Å². The second-order valence-electron chi connectivity index (χ2n) is 4.22. The van der Waals surface area contributed by atoms with Crippen LogP contribution in [0.2, 0.25) is 0 Å². The summed E-state index contributed by atoms with van der Waals surface area (Å²) >= 11 is 0. The molecule has 0 spiro atoms. The Balaban J connectivity index is 3.62. The number of ether oxygens (including phenoxy) is 1. The fraction of sp³-hybridized carbons (Fsp3) is 0.909. The molecular weight excluding hydrogens is 194 g/mol. The van der Waals surface area contributed by atoms with Crippen LogP contribution in [-0.4, -0.2) is 30.8 Å². The van der Waals surface area contributed by atoms with Gasteiger partial charge in [-0.2, -0.15) is 0 Å². The lowest BCUT2D eigenvalue weighted by Gasteiger charge is -2.12. The molecule has 15 heavy (non-hydrogen) atoms. The van der Waals surface area contributed by atoms with E-state index < -0.39 is 5.97 Å². The minimum Gasteiger partial charge on any atom is -0.481 e. The highest BCUT2D eigenvalue weighted by Crippen LogP contribution is 2.11.